The molecule has 1 aromatic rings. The average molecular weight is 279 g/mol. The first-order chi connectivity index (χ1) is 9.33. The molecule has 2 N–H and O–H groups in total. The van der Waals surface area contributed by atoms with Crippen molar-refractivity contribution in [1.82, 2.24) is 5.32 Å². The summed E-state index contributed by atoms with van der Waals surface area (Å²) in [7, 11) is 0. The fraction of sp³-hybridized carbons (Fsp3) is 0.647. The maximum atomic E-state index is 9.68. The van der Waals surface area contributed by atoms with Crippen LogP contribution in [0.25, 0.3) is 0 Å². The minimum Gasteiger partial charge on any atom is -0.493 e. The summed E-state index contributed by atoms with van der Waals surface area (Å²) in [5.41, 5.74) is 1.75. The number of rotatable bonds is 8. The summed E-state index contributed by atoms with van der Waals surface area (Å²) in [6.07, 6.45) is 1.77. The Hall–Kier alpha value is -1.06. The second kappa shape index (κ2) is 7.65. The van der Waals surface area contributed by atoms with E-state index in [0.717, 1.165) is 24.3 Å². The van der Waals surface area contributed by atoms with Crippen LogP contribution in [0, 0.1) is 6.92 Å². The summed E-state index contributed by atoms with van der Waals surface area (Å²) in [5.74, 6) is 0.903. The Bertz CT molecular complexity index is 410. The molecule has 0 radical (unpaired) electrons. The molecule has 0 aromatic heterocycles. The van der Waals surface area contributed by atoms with E-state index in [2.05, 4.69) is 38.2 Å². The molecular weight excluding hydrogens is 250 g/mol. The van der Waals surface area contributed by atoms with Gasteiger partial charge < -0.3 is 15.2 Å². The minimum atomic E-state index is -0.674. The van der Waals surface area contributed by atoms with Crippen LogP contribution in [0.4, 0.5) is 0 Å². The highest BCUT2D eigenvalue weighted by atomic mass is 16.5. The highest BCUT2D eigenvalue weighted by molar-refractivity contribution is 5.37. The summed E-state index contributed by atoms with van der Waals surface area (Å²) >= 11 is 0. The molecule has 0 saturated carbocycles. The lowest BCUT2D eigenvalue weighted by atomic mass is 10.0. The van der Waals surface area contributed by atoms with E-state index in [1.165, 1.54) is 5.56 Å². The fourth-order valence-electron chi connectivity index (χ4n) is 1.99. The molecule has 20 heavy (non-hydrogen) atoms. The molecule has 0 aliphatic rings. The largest absolute Gasteiger partial charge is 0.493 e. The van der Waals surface area contributed by atoms with E-state index in [1.54, 1.807) is 13.8 Å². The highest BCUT2D eigenvalue weighted by Crippen LogP contribution is 2.23. The molecule has 3 nitrogen and oxygen atoms in total. The van der Waals surface area contributed by atoms with Gasteiger partial charge in [0.15, 0.2) is 0 Å². The van der Waals surface area contributed by atoms with Crippen LogP contribution in [0.15, 0.2) is 18.2 Å². The molecule has 0 amide bonds. The van der Waals surface area contributed by atoms with Gasteiger partial charge in [0.1, 0.15) is 5.75 Å². The number of hydrogen-bond acceptors (Lipinski definition) is 3. The van der Waals surface area contributed by atoms with Crippen LogP contribution < -0.4 is 10.1 Å². The topological polar surface area (TPSA) is 41.5 Å². The molecule has 1 atom stereocenters. The van der Waals surface area contributed by atoms with Gasteiger partial charge in [0.2, 0.25) is 0 Å². The van der Waals surface area contributed by atoms with Crippen LogP contribution in [0.3, 0.4) is 0 Å². The number of benzene rings is 1. The zero-order valence-corrected chi connectivity index (χ0v) is 13.5. The third kappa shape index (κ3) is 5.93. The zero-order valence-electron chi connectivity index (χ0n) is 13.5. The predicted octanol–water partition coefficient (Wildman–Crippen LogP) is 3.60. The number of hydrogen-bond donors (Lipinski definition) is 2. The molecule has 0 aliphatic heterocycles. The van der Waals surface area contributed by atoms with E-state index in [4.69, 9.17) is 4.74 Å². The average Bonchev–Trinajstić information content (AvgIpc) is 2.36. The zero-order chi connectivity index (χ0) is 15.2. The van der Waals surface area contributed by atoms with Crippen molar-refractivity contribution in [2.24, 2.45) is 0 Å². The van der Waals surface area contributed by atoms with Gasteiger partial charge in [-0.15, -0.1) is 0 Å². The van der Waals surface area contributed by atoms with Crippen LogP contribution in [0.1, 0.15) is 57.7 Å². The maximum absolute atomic E-state index is 9.68. The van der Waals surface area contributed by atoms with Crippen molar-refractivity contribution in [1.29, 1.82) is 0 Å². The number of ether oxygens (including phenoxy) is 1. The summed E-state index contributed by atoms with van der Waals surface area (Å²) < 4.78 is 5.75. The van der Waals surface area contributed by atoms with Crippen molar-refractivity contribution in [3.8, 4) is 5.75 Å². The molecule has 0 fully saturated rings. The Morgan fingerprint density at radius 3 is 2.60 bits per heavy atom. The van der Waals surface area contributed by atoms with Gasteiger partial charge in [0, 0.05) is 12.5 Å². The number of nitrogens with one attached hydrogen (secondary N) is 1. The first kappa shape index (κ1) is 17.0. The van der Waals surface area contributed by atoms with Crippen LogP contribution in [0.2, 0.25) is 0 Å². The third-order valence-electron chi connectivity index (χ3n) is 3.37. The van der Waals surface area contributed by atoms with Gasteiger partial charge in [-0.1, -0.05) is 19.1 Å². The van der Waals surface area contributed by atoms with E-state index in [-0.39, 0.29) is 0 Å². The molecule has 0 aliphatic carbocycles. The third-order valence-corrected chi connectivity index (χ3v) is 3.37. The molecule has 1 rings (SSSR count). The van der Waals surface area contributed by atoms with E-state index < -0.39 is 5.60 Å². The predicted molar refractivity (Wildman–Crippen MR) is 84.3 cm³/mol. The molecule has 0 heterocycles. The smallest absolute Gasteiger partial charge is 0.122 e. The lowest BCUT2D eigenvalue weighted by molar-refractivity contribution is 0.0552. The van der Waals surface area contributed by atoms with Gasteiger partial charge >= 0.3 is 0 Å². The van der Waals surface area contributed by atoms with Gasteiger partial charge in [0.25, 0.3) is 0 Å². The molecule has 1 aromatic carbocycles. The summed E-state index contributed by atoms with van der Waals surface area (Å²) in [4.78, 5) is 0. The summed E-state index contributed by atoms with van der Waals surface area (Å²) in [5, 5.41) is 13.2. The van der Waals surface area contributed by atoms with E-state index in [1.807, 2.05) is 6.07 Å². The Morgan fingerprint density at radius 1 is 1.35 bits per heavy atom. The quantitative estimate of drug-likeness (QED) is 0.764. The first-order valence-electron chi connectivity index (χ1n) is 7.52. The fourth-order valence-corrected chi connectivity index (χ4v) is 1.99. The second-order valence-electron chi connectivity index (χ2n) is 6.11. The Labute approximate surface area is 123 Å². The van der Waals surface area contributed by atoms with Crippen molar-refractivity contribution < 1.29 is 9.84 Å². The summed E-state index contributed by atoms with van der Waals surface area (Å²) in [6.45, 7) is 11.6. The van der Waals surface area contributed by atoms with Gasteiger partial charge in [-0.05, 0) is 57.9 Å². The molecule has 0 spiro atoms. The molecular formula is C17H29NO2. The van der Waals surface area contributed by atoms with Crippen LogP contribution in [-0.2, 0) is 0 Å². The van der Waals surface area contributed by atoms with Crippen LogP contribution in [-0.4, -0.2) is 23.9 Å². The monoisotopic (exact) mass is 279 g/mol. The van der Waals surface area contributed by atoms with Crippen molar-refractivity contribution in [2.45, 2.75) is 59.1 Å². The van der Waals surface area contributed by atoms with Crippen molar-refractivity contribution >= 4 is 0 Å². The first-order valence-corrected chi connectivity index (χ1v) is 7.52. The van der Waals surface area contributed by atoms with Crippen LogP contribution in [0.5, 0.6) is 5.75 Å². The molecule has 0 saturated heterocycles. The molecule has 1 unspecified atom stereocenters. The van der Waals surface area contributed by atoms with E-state index in [0.29, 0.717) is 19.1 Å². The van der Waals surface area contributed by atoms with E-state index >= 15 is 0 Å². The normalized spacial score (nSPS) is 13.3. The minimum absolute atomic E-state index is 0.360. The summed E-state index contributed by atoms with van der Waals surface area (Å²) in [6, 6.07) is 6.67. The lowest BCUT2D eigenvalue weighted by Gasteiger charge is -2.19. The number of aliphatic hydroxyl groups is 1. The van der Waals surface area contributed by atoms with Crippen LogP contribution >= 0.6 is 0 Å². The SMILES string of the molecule is CCCNC(C)c1ccc(OCCC(C)(C)O)c(C)c1. The van der Waals surface area contributed by atoms with Gasteiger partial charge in [0.05, 0.1) is 12.2 Å². The van der Waals surface area contributed by atoms with Gasteiger partial charge in [-0.2, -0.15) is 0 Å². The van der Waals surface area contributed by atoms with Crippen molar-refractivity contribution in [2.75, 3.05) is 13.2 Å². The second-order valence-corrected chi connectivity index (χ2v) is 6.11. The Kier molecular flexibility index (Phi) is 6.50. The lowest BCUT2D eigenvalue weighted by Crippen LogP contribution is -2.22. The van der Waals surface area contributed by atoms with Gasteiger partial charge in [-0.25, -0.2) is 0 Å². The standard InChI is InChI=1S/C17H29NO2/c1-6-10-18-14(3)15-7-8-16(13(2)12-15)20-11-9-17(4,5)19/h7-8,12,14,18-19H,6,9-11H2,1-5H3. The Balaban J connectivity index is 2.59. The van der Waals surface area contributed by atoms with Crippen molar-refractivity contribution in [3.05, 3.63) is 29.3 Å². The molecule has 114 valence electrons. The number of aryl methyl sites for hydroxylation is 1. The highest BCUT2D eigenvalue weighted by Gasteiger charge is 2.13. The van der Waals surface area contributed by atoms with Gasteiger partial charge in [-0.3, -0.25) is 0 Å². The van der Waals surface area contributed by atoms with Crippen molar-refractivity contribution in [3.63, 3.8) is 0 Å². The van der Waals surface area contributed by atoms with E-state index in [9.17, 15) is 5.11 Å². The molecule has 0 bridgehead atoms. The Morgan fingerprint density at radius 2 is 2.05 bits per heavy atom. The molecule has 3 heteroatoms. The maximum Gasteiger partial charge on any atom is 0.122 e.